The Balaban J connectivity index is 1.51. The fraction of sp³-hybridized carbons (Fsp3) is 0.259. The summed E-state index contributed by atoms with van der Waals surface area (Å²) < 4.78 is 20.7. The second kappa shape index (κ2) is 10.2. The van der Waals surface area contributed by atoms with E-state index in [1.54, 1.807) is 35.0 Å². The monoisotopic (exact) mass is 487 g/mol. The number of hydrogen-bond donors (Lipinski definition) is 0. The Bertz CT molecular complexity index is 1400. The minimum Gasteiger partial charge on any atom is -0.378 e. The van der Waals surface area contributed by atoms with Gasteiger partial charge in [0.05, 0.1) is 49.1 Å². The van der Waals surface area contributed by atoms with Gasteiger partial charge in [-0.3, -0.25) is 9.59 Å². The van der Waals surface area contributed by atoms with Gasteiger partial charge in [-0.2, -0.15) is 5.10 Å². The summed E-state index contributed by atoms with van der Waals surface area (Å²) in [7, 11) is 1.62. The Morgan fingerprint density at radius 2 is 1.83 bits per heavy atom. The number of hydrogen-bond acceptors (Lipinski definition) is 5. The number of benzene rings is 2. The lowest BCUT2D eigenvalue weighted by molar-refractivity contribution is -0.135. The Labute approximate surface area is 207 Å². The number of aromatic nitrogens is 3. The van der Waals surface area contributed by atoms with E-state index in [0.29, 0.717) is 55.1 Å². The normalized spacial score (nSPS) is 13.7. The first-order valence-corrected chi connectivity index (χ1v) is 11.8. The van der Waals surface area contributed by atoms with Crippen molar-refractivity contribution >= 4 is 22.8 Å². The first-order chi connectivity index (χ1) is 17.5. The largest absolute Gasteiger partial charge is 0.378 e. The SMILES string of the molecule is CN(CC(=O)N1CCOCC1)C(=O)c1cc(-c2ccccc2)nc2c1cnn2Cc1cccc(F)c1. The maximum Gasteiger partial charge on any atom is 0.254 e. The molecule has 0 N–H and O–H groups in total. The van der Waals surface area contributed by atoms with Crippen molar-refractivity contribution in [3.05, 3.63) is 83.8 Å². The molecule has 1 fully saturated rings. The Morgan fingerprint density at radius 1 is 1.06 bits per heavy atom. The van der Waals surface area contributed by atoms with Crippen LogP contribution in [0.25, 0.3) is 22.3 Å². The minimum absolute atomic E-state index is 0.0409. The third kappa shape index (κ3) is 4.96. The molecule has 8 nitrogen and oxygen atoms in total. The molecule has 0 saturated carbocycles. The molecular formula is C27H26FN5O3. The summed E-state index contributed by atoms with van der Waals surface area (Å²) in [4.78, 5) is 34.3. The molecule has 1 aliphatic rings. The molecule has 0 atom stereocenters. The van der Waals surface area contributed by atoms with Crippen LogP contribution in [0.3, 0.4) is 0 Å². The van der Waals surface area contributed by atoms with Crippen LogP contribution in [0.1, 0.15) is 15.9 Å². The number of ether oxygens (including phenoxy) is 1. The predicted octanol–water partition coefficient (Wildman–Crippen LogP) is 3.22. The van der Waals surface area contributed by atoms with E-state index in [2.05, 4.69) is 5.10 Å². The average molecular weight is 488 g/mol. The van der Waals surface area contributed by atoms with Crippen molar-refractivity contribution in [2.75, 3.05) is 39.9 Å². The molecule has 0 bridgehead atoms. The van der Waals surface area contributed by atoms with E-state index in [1.807, 2.05) is 36.4 Å². The third-order valence-corrected chi connectivity index (χ3v) is 6.21. The summed E-state index contributed by atoms with van der Waals surface area (Å²) in [6.07, 6.45) is 1.60. The smallest absolute Gasteiger partial charge is 0.254 e. The van der Waals surface area contributed by atoms with Gasteiger partial charge in [0, 0.05) is 25.7 Å². The van der Waals surface area contributed by atoms with E-state index in [9.17, 15) is 14.0 Å². The predicted molar refractivity (Wildman–Crippen MR) is 133 cm³/mol. The van der Waals surface area contributed by atoms with Crippen LogP contribution in [0, 0.1) is 5.82 Å². The fourth-order valence-corrected chi connectivity index (χ4v) is 4.30. The highest BCUT2D eigenvalue weighted by atomic mass is 19.1. The van der Waals surface area contributed by atoms with E-state index >= 15 is 0 Å². The molecule has 4 aromatic rings. The van der Waals surface area contributed by atoms with E-state index in [4.69, 9.17) is 9.72 Å². The van der Waals surface area contributed by atoms with Crippen LogP contribution >= 0.6 is 0 Å². The zero-order chi connectivity index (χ0) is 25.1. The number of amides is 2. The quantitative estimate of drug-likeness (QED) is 0.417. The summed E-state index contributed by atoms with van der Waals surface area (Å²) in [5.41, 5.74) is 3.10. The van der Waals surface area contributed by atoms with Gasteiger partial charge in [0.15, 0.2) is 5.65 Å². The van der Waals surface area contributed by atoms with Gasteiger partial charge in [0.2, 0.25) is 5.91 Å². The highest BCUT2D eigenvalue weighted by Crippen LogP contribution is 2.26. The van der Waals surface area contributed by atoms with Gasteiger partial charge in [0.1, 0.15) is 5.82 Å². The van der Waals surface area contributed by atoms with Crippen LogP contribution in [0.5, 0.6) is 0 Å². The van der Waals surface area contributed by atoms with Gasteiger partial charge in [-0.25, -0.2) is 14.1 Å². The molecule has 2 aromatic carbocycles. The van der Waals surface area contributed by atoms with Gasteiger partial charge in [0.25, 0.3) is 5.91 Å². The molecule has 184 valence electrons. The summed E-state index contributed by atoms with van der Waals surface area (Å²) in [5.74, 6) is -0.750. The lowest BCUT2D eigenvalue weighted by Crippen LogP contribution is -2.46. The molecule has 0 radical (unpaired) electrons. The molecule has 0 aliphatic carbocycles. The standard InChI is InChI=1S/C27H26FN5O3/c1-31(18-25(34)32-10-12-36-13-11-32)27(35)22-15-24(20-7-3-2-4-8-20)30-26-23(22)16-29-33(26)17-19-6-5-9-21(28)14-19/h2-9,14-16H,10-13,17-18H2,1H3. The van der Waals surface area contributed by atoms with Crippen LogP contribution in [0.4, 0.5) is 4.39 Å². The average Bonchev–Trinajstić information content (AvgIpc) is 3.31. The van der Waals surface area contributed by atoms with Crippen molar-refractivity contribution in [1.82, 2.24) is 24.6 Å². The number of morpholine rings is 1. The van der Waals surface area contributed by atoms with Gasteiger partial charge in [-0.05, 0) is 23.8 Å². The molecule has 2 aromatic heterocycles. The van der Waals surface area contributed by atoms with Gasteiger partial charge < -0.3 is 14.5 Å². The number of likely N-dealkylation sites (N-methyl/N-ethyl adjacent to an activating group) is 1. The van der Waals surface area contributed by atoms with Crippen molar-refractivity contribution in [2.45, 2.75) is 6.54 Å². The number of halogens is 1. The molecule has 36 heavy (non-hydrogen) atoms. The molecule has 1 saturated heterocycles. The van der Waals surface area contributed by atoms with Crippen molar-refractivity contribution in [2.24, 2.45) is 0 Å². The van der Waals surface area contributed by atoms with Gasteiger partial charge in [-0.1, -0.05) is 42.5 Å². The molecule has 9 heteroatoms. The van der Waals surface area contributed by atoms with Crippen molar-refractivity contribution in [3.63, 3.8) is 0 Å². The number of carbonyl (C=O) groups is 2. The van der Waals surface area contributed by atoms with E-state index in [-0.39, 0.29) is 24.2 Å². The Morgan fingerprint density at radius 3 is 2.58 bits per heavy atom. The topological polar surface area (TPSA) is 80.6 Å². The molecule has 5 rings (SSSR count). The number of nitrogens with zero attached hydrogens (tertiary/aromatic N) is 5. The summed E-state index contributed by atoms with van der Waals surface area (Å²) in [6, 6.07) is 17.6. The molecule has 0 spiro atoms. The zero-order valence-corrected chi connectivity index (χ0v) is 19.9. The molecule has 2 amide bonds. The number of rotatable bonds is 6. The first-order valence-electron chi connectivity index (χ1n) is 11.8. The van der Waals surface area contributed by atoms with Gasteiger partial charge >= 0.3 is 0 Å². The number of carbonyl (C=O) groups excluding carboxylic acids is 2. The summed E-state index contributed by atoms with van der Waals surface area (Å²) in [5, 5.41) is 5.03. The molecule has 0 unspecified atom stereocenters. The maximum atomic E-state index is 13.8. The minimum atomic E-state index is -0.329. The van der Waals surface area contributed by atoms with E-state index in [0.717, 1.165) is 11.1 Å². The molecule has 3 heterocycles. The lowest BCUT2D eigenvalue weighted by atomic mass is 10.1. The Kier molecular flexibility index (Phi) is 6.73. The van der Waals surface area contributed by atoms with Crippen molar-refractivity contribution < 1.29 is 18.7 Å². The molecule has 1 aliphatic heterocycles. The maximum absolute atomic E-state index is 13.8. The highest BCUT2D eigenvalue weighted by Gasteiger charge is 2.24. The second-order valence-corrected chi connectivity index (χ2v) is 8.74. The van der Waals surface area contributed by atoms with Crippen LogP contribution < -0.4 is 0 Å². The van der Waals surface area contributed by atoms with Crippen LogP contribution in [-0.4, -0.2) is 76.3 Å². The van der Waals surface area contributed by atoms with Crippen LogP contribution in [-0.2, 0) is 16.1 Å². The zero-order valence-electron chi connectivity index (χ0n) is 19.9. The third-order valence-electron chi connectivity index (χ3n) is 6.21. The van der Waals surface area contributed by atoms with Crippen LogP contribution in [0.2, 0.25) is 0 Å². The fourth-order valence-electron chi connectivity index (χ4n) is 4.30. The van der Waals surface area contributed by atoms with Crippen molar-refractivity contribution in [3.8, 4) is 11.3 Å². The van der Waals surface area contributed by atoms with Crippen LogP contribution in [0.15, 0.2) is 66.9 Å². The second-order valence-electron chi connectivity index (χ2n) is 8.74. The number of pyridine rings is 1. The summed E-state index contributed by atoms with van der Waals surface area (Å²) in [6.45, 7) is 2.29. The molecular weight excluding hydrogens is 461 g/mol. The summed E-state index contributed by atoms with van der Waals surface area (Å²) >= 11 is 0. The van der Waals surface area contributed by atoms with E-state index in [1.165, 1.54) is 17.0 Å². The first kappa shape index (κ1) is 23.6. The Hall–Kier alpha value is -4.11. The lowest BCUT2D eigenvalue weighted by Gasteiger charge is -2.28. The van der Waals surface area contributed by atoms with Crippen molar-refractivity contribution in [1.29, 1.82) is 0 Å². The highest BCUT2D eigenvalue weighted by molar-refractivity contribution is 6.07. The van der Waals surface area contributed by atoms with E-state index < -0.39 is 0 Å². The van der Waals surface area contributed by atoms with Gasteiger partial charge in [-0.15, -0.1) is 0 Å². The number of fused-ring (bicyclic) bond motifs is 1.